The maximum absolute atomic E-state index is 13.1. The summed E-state index contributed by atoms with van der Waals surface area (Å²) in [7, 11) is 0. The summed E-state index contributed by atoms with van der Waals surface area (Å²) in [5.41, 5.74) is 11.4. The molecule has 5 N–H and O–H groups in total. The summed E-state index contributed by atoms with van der Waals surface area (Å²) in [5, 5.41) is 10.4. The first kappa shape index (κ1) is 33.6. The monoisotopic (exact) mass is 642 g/mol. The zero-order chi connectivity index (χ0) is 33.3. The highest BCUT2D eigenvalue weighted by molar-refractivity contribution is 5.87. The Hall–Kier alpha value is -4.26. The second-order valence-corrected chi connectivity index (χ2v) is 13.8. The number of amides is 2. The number of benzene rings is 4. The Labute approximate surface area is 285 Å². The third-order valence-electron chi connectivity index (χ3n) is 11.1. The summed E-state index contributed by atoms with van der Waals surface area (Å²) < 4.78 is 0. The second kappa shape index (κ2) is 15.8. The highest BCUT2D eigenvalue weighted by atomic mass is 16.2. The molecule has 3 aliphatic rings. The number of fused-ring (bicyclic) bond motifs is 1. The molecule has 6 nitrogen and oxygen atoms in total. The van der Waals surface area contributed by atoms with E-state index in [-0.39, 0.29) is 35.6 Å². The summed E-state index contributed by atoms with van der Waals surface area (Å²) in [5.74, 6) is 0.791. The van der Waals surface area contributed by atoms with Gasteiger partial charge in [0.1, 0.15) is 0 Å². The van der Waals surface area contributed by atoms with Gasteiger partial charge >= 0.3 is 0 Å². The Bertz CT molecular complexity index is 1630. The van der Waals surface area contributed by atoms with Crippen molar-refractivity contribution in [3.05, 3.63) is 143 Å². The van der Waals surface area contributed by atoms with Gasteiger partial charge in [-0.25, -0.2) is 0 Å². The fourth-order valence-electron chi connectivity index (χ4n) is 8.31. The van der Waals surface area contributed by atoms with Crippen molar-refractivity contribution in [1.82, 2.24) is 16.0 Å². The number of nitrogens with one attached hydrogen (secondary N) is 3. The van der Waals surface area contributed by atoms with Crippen LogP contribution in [0, 0.1) is 5.92 Å². The van der Waals surface area contributed by atoms with Crippen molar-refractivity contribution in [3.63, 3.8) is 0 Å². The maximum Gasteiger partial charge on any atom is 0.228 e. The molecule has 0 aromatic heterocycles. The molecular formula is C42H50N4O2. The number of piperidine rings is 2. The normalized spacial score (nSPS) is 24.9. The molecule has 2 saturated heterocycles. The van der Waals surface area contributed by atoms with Crippen LogP contribution in [-0.4, -0.2) is 44.0 Å². The Morgan fingerprint density at radius 1 is 0.708 bits per heavy atom. The molecule has 6 unspecified atom stereocenters. The van der Waals surface area contributed by atoms with E-state index in [4.69, 9.17) is 5.73 Å². The number of rotatable bonds is 7. The molecule has 2 heterocycles. The molecule has 2 amide bonds. The lowest BCUT2D eigenvalue weighted by molar-refractivity contribution is -0.126. The third kappa shape index (κ3) is 7.40. The Morgan fingerprint density at radius 3 is 1.94 bits per heavy atom. The summed E-state index contributed by atoms with van der Waals surface area (Å²) in [6, 6.07) is 39.7. The SMILES string of the molecule is CC(C(N)=O)(c1ccccc1)C1CCNCC1c1ccccc1.O=C(NC1CCNCC1c1ccccc1)C1CCCc2ccccc21. The van der Waals surface area contributed by atoms with Gasteiger partial charge in [-0.3, -0.25) is 9.59 Å². The summed E-state index contributed by atoms with van der Waals surface area (Å²) >= 11 is 0. The number of hydrogen-bond acceptors (Lipinski definition) is 4. The predicted octanol–water partition coefficient (Wildman–Crippen LogP) is 6.19. The first-order valence-electron chi connectivity index (χ1n) is 17.7. The lowest BCUT2D eigenvalue weighted by atomic mass is 9.62. The molecular weight excluding hydrogens is 592 g/mol. The van der Waals surface area contributed by atoms with Crippen molar-refractivity contribution < 1.29 is 9.59 Å². The standard InChI is InChI=1S/C22H26N2O.C20H24N2O/c25-22(19-12-6-10-16-9-4-5-11-18(16)19)24-21-13-14-23-15-20(21)17-7-2-1-3-8-17;1-20(19(21)23,16-10-6-3-7-11-16)18-12-13-22-14-17(18)15-8-4-2-5-9-15/h1-5,7-9,11,19-21,23H,6,10,12-15H2,(H,24,25);2-11,17-18,22H,12-14H2,1H3,(H2,21,23). The van der Waals surface area contributed by atoms with Crippen LogP contribution in [0.15, 0.2) is 115 Å². The van der Waals surface area contributed by atoms with Crippen LogP contribution in [0.4, 0.5) is 0 Å². The molecule has 48 heavy (non-hydrogen) atoms. The second-order valence-electron chi connectivity index (χ2n) is 13.8. The third-order valence-corrected chi connectivity index (χ3v) is 11.1. The average Bonchev–Trinajstić information content (AvgIpc) is 3.15. The minimum absolute atomic E-state index is 0.0104. The summed E-state index contributed by atoms with van der Waals surface area (Å²) in [4.78, 5) is 25.6. The Balaban J connectivity index is 0.000000168. The number of hydrogen-bond donors (Lipinski definition) is 4. The summed E-state index contributed by atoms with van der Waals surface area (Å²) in [6.45, 7) is 5.70. The van der Waals surface area contributed by atoms with Crippen molar-refractivity contribution in [3.8, 4) is 0 Å². The van der Waals surface area contributed by atoms with Gasteiger partial charge in [0.15, 0.2) is 0 Å². The molecule has 4 aromatic rings. The number of aryl methyl sites for hydroxylation is 1. The first-order chi connectivity index (χ1) is 23.5. The van der Waals surface area contributed by atoms with Crippen molar-refractivity contribution in [2.45, 2.75) is 68.2 Å². The summed E-state index contributed by atoms with van der Waals surface area (Å²) in [6.07, 6.45) is 5.08. The van der Waals surface area contributed by atoms with E-state index in [2.05, 4.69) is 88.7 Å². The van der Waals surface area contributed by atoms with Crippen LogP contribution in [0.5, 0.6) is 0 Å². The molecule has 0 spiro atoms. The molecule has 2 aliphatic heterocycles. The van der Waals surface area contributed by atoms with Crippen molar-refractivity contribution in [1.29, 1.82) is 0 Å². The number of nitrogens with two attached hydrogens (primary N) is 1. The zero-order valence-corrected chi connectivity index (χ0v) is 28.1. The largest absolute Gasteiger partial charge is 0.369 e. The van der Waals surface area contributed by atoms with Crippen LogP contribution in [0.1, 0.15) is 78.2 Å². The van der Waals surface area contributed by atoms with Crippen LogP contribution in [0.3, 0.4) is 0 Å². The van der Waals surface area contributed by atoms with Gasteiger partial charge in [0, 0.05) is 31.0 Å². The van der Waals surface area contributed by atoms with E-state index < -0.39 is 5.41 Å². The van der Waals surface area contributed by atoms with Gasteiger partial charge in [0.25, 0.3) is 0 Å². The smallest absolute Gasteiger partial charge is 0.228 e. The fourth-order valence-corrected chi connectivity index (χ4v) is 8.31. The number of carbonyl (C=O) groups is 2. The van der Waals surface area contributed by atoms with E-state index in [1.54, 1.807) is 0 Å². The molecule has 0 radical (unpaired) electrons. The van der Waals surface area contributed by atoms with Crippen LogP contribution in [0.2, 0.25) is 0 Å². The predicted molar refractivity (Wildman–Crippen MR) is 194 cm³/mol. The fraction of sp³-hybridized carbons (Fsp3) is 0.381. The molecule has 4 aromatic carbocycles. The van der Waals surface area contributed by atoms with Crippen LogP contribution >= 0.6 is 0 Å². The molecule has 0 saturated carbocycles. The molecule has 6 atom stereocenters. The molecule has 1 aliphatic carbocycles. The number of primary amides is 1. The minimum atomic E-state index is -0.663. The van der Waals surface area contributed by atoms with Gasteiger partial charge in [-0.1, -0.05) is 115 Å². The van der Waals surface area contributed by atoms with Crippen molar-refractivity contribution in [2.75, 3.05) is 26.2 Å². The molecule has 6 heteroatoms. The van der Waals surface area contributed by atoms with E-state index in [1.807, 2.05) is 49.4 Å². The van der Waals surface area contributed by atoms with Crippen LogP contribution < -0.4 is 21.7 Å². The maximum atomic E-state index is 13.1. The quantitative estimate of drug-likeness (QED) is 0.193. The van der Waals surface area contributed by atoms with E-state index >= 15 is 0 Å². The van der Waals surface area contributed by atoms with E-state index in [0.29, 0.717) is 5.92 Å². The van der Waals surface area contributed by atoms with Gasteiger partial charge in [-0.15, -0.1) is 0 Å². The molecule has 0 bridgehead atoms. The van der Waals surface area contributed by atoms with Gasteiger partial charge in [-0.2, -0.15) is 0 Å². The number of carbonyl (C=O) groups excluding carboxylic acids is 2. The van der Waals surface area contributed by atoms with Gasteiger partial charge in [0.2, 0.25) is 11.8 Å². The molecule has 2 fully saturated rings. The highest BCUT2D eigenvalue weighted by Gasteiger charge is 2.46. The van der Waals surface area contributed by atoms with E-state index in [0.717, 1.165) is 63.8 Å². The topological polar surface area (TPSA) is 96.2 Å². The lowest BCUT2D eigenvalue weighted by Gasteiger charge is -2.43. The molecule has 7 rings (SSSR count). The van der Waals surface area contributed by atoms with Crippen LogP contribution in [0.25, 0.3) is 0 Å². The Morgan fingerprint density at radius 2 is 1.27 bits per heavy atom. The van der Waals surface area contributed by atoms with Gasteiger partial charge in [-0.05, 0) is 85.9 Å². The van der Waals surface area contributed by atoms with Crippen LogP contribution in [-0.2, 0) is 21.4 Å². The van der Waals surface area contributed by atoms with Gasteiger partial charge in [0.05, 0.1) is 11.3 Å². The average molecular weight is 643 g/mol. The minimum Gasteiger partial charge on any atom is -0.369 e. The zero-order valence-electron chi connectivity index (χ0n) is 28.1. The van der Waals surface area contributed by atoms with Crippen molar-refractivity contribution >= 4 is 11.8 Å². The first-order valence-corrected chi connectivity index (χ1v) is 17.7. The van der Waals surface area contributed by atoms with Gasteiger partial charge < -0.3 is 21.7 Å². The Kier molecular flexibility index (Phi) is 11.0. The lowest BCUT2D eigenvalue weighted by Crippen LogP contribution is -2.51. The highest BCUT2D eigenvalue weighted by Crippen LogP contribution is 2.44. The van der Waals surface area contributed by atoms with Crippen molar-refractivity contribution in [2.24, 2.45) is 11.7 Å². The molecule has 250 valence electrons. The van der Waals surface area contributed by atoms with E-state index in [1.165, 1.54) is 22.3 Å². The van der Waals surface area contributed by atoms with E-state index in [9.17, 15) is 9.59 Å².